The van der Waals surface area contributed by atoms with Crippen molar-refractivity contribution in [3.63, 3.8) is 0 Å². The van der Waals surface area contributed by atoms with E-state index in [4.69, 9.17) is 14.3 Å². The molecule has 1 aromatic heterocycles. The zero-order valence-corrected chi connectivity index (χ0v) is 22.1. The molecule has 0 bridgehead atoms. The zero-order chi connectivity index (χ0) is 27.1. The summed E-state index contributed by atoms with van der Waals surface area (Å²) in [5.74, 6) is 0.663. The number of piperidine rings is 1. The fraction of sp³-hybridized carbons (Fsp3) is 0.296. The number of amides is 1. The summed E-state index contributed by atoms with van der Waals surface area (Å²) < 4.78 is 34.8. The Bertz CT molecular complexity index is 1370. The molecule has 1 aliphatic rings. The van der Waals surface area contributed by atoms with Crippen molar-refractivity contribution in [2.45, 2.75) is 37.4 Å². The van der Waals surface area contributed by atoms with Crippen molar-refractivity contribution >= 4 is 21.6 Å². The number of likely N-dealkylation sites (tertiary alicyclic amines) is 1. The highest BCUT2D eigenvalue weighted by Crippen LogP contribution is 2.26. The van der Waals surface area contributed by atoms with Crippen LogP contribution in [0.2, 0.25) is 0 Å². The van der Waals surface area contributed by atoms with Gasteiger partial charge in [-0.2, -0.15) is 4.98 Å². The first-order valence-corrected chi connectivity index (χ1v) is 14.0. The largest absolute Gasteiger partial charge is 0.474 e. The van der Waals surface area contributed by atoms with E-state index in [1.54, 1.807) is 24.0 Å². The first-order chi connectivity index (χ1) is 18.2. The van der Waals surface area contributed by atoms with Gasteiger partial charge in [-0.3, -0.25) is 0 Å². The number of sulfone groups is 1. The minimum absolute atomic E-state index is 0.120. The molecule has 10 nitrogen and oxygen atoms in total. The second kappa shape index (κ2) is 12.0. The summed E-state index contributed by atoms with van der Waals surface area (Å²) in [6.45, 7) is 6.99. The number of carbonyl (C=O) groups excluding carboxylic acids is 1. The highest BCUT2D eigenvalue weighted by molar-refractivity contribution is 7.90. The zero-order valence-electron chi connectivity index (χ0n) is 21.3. The lowest BCUT2D eigenvalue weighted by Crippen LogP contribution is -2.42. The molecule has 0 unspecified atom stereocenters. The number of nitrogens with zero attached hydrogens (tertiary/aromatic N) is 3. The standard InChI is InChI=1S/C27H30N4O6S/c1-19-25(36-23-13-15-31(16-14-23)27(32)35-17-21-7-5-4-6-8-21)28-18-29-26(19)37-30-20(2)22-9-11-24(12-10-22)38(3,33)34/h4-12,18,23,30H,2,13-17H2,1,3H3. The van der Waals surface area contributed by atoms with E-state index in [9.17, 15) is 13.2 Å². The predicted octanol–water partition coefficient (Wildman–Crippen LogP) is 3.92. The summed E-state index contributed by atoms with van der Waals surface area (Å²) >= 11 is 0. The summed E-state index contributed by atoms with van der Waals surface area (Å²) in [7, 11) is -3.28. The molecule has 2 aromatic carbocycles. The van der Waals surface area contributed by atoms with E-state index >= 15 is 0 Å². The van der Waals surface area contributed by atoms with Gasteiger partial charge in [-0.1, -0.05) is 49.0 Å². The highest BCUT2D eigenvalue weighted by Gasteiger charge is 2.26. The predicted molar refractivity (Wildman–Crippen MR) is 141 cm³/mol. The Morgan fingerprint density at radius 3 is 2.37 bits per heavy atom. The van der Waals surface area contributed by atoms with Gasteiger partial charge in [-0.15, -0.1) is 0 Å². The van der Waals surface area contributed by atoms with Gasteiger partial charge >= 0.3 is 6.09 Å². The molecule has 0 saturated carbocycles. The molecule has 200 valence electrons. The van der Waals surface area contributed by atoms with E-state index < -0.39 is 9.84 Å². The number of carbonyl (C=O) groups is 1. The van der Waals surface area contributed by atoms with Crippen LogP contribution in [0.5, 0.6) is 11.8 Å². The van der Waals surface area contributed by atoms with Crippen LogP contribution in [0.1, 0.15) is 29.5 Å². The van der Waals surface area contributed by atoms with Gasteiger partial charge < -0.3 is 19.2 Å². The Morgan fingerprint density at radius 1 is 1.05 bits per heavy atom. The van der Waals surface area contributed by atoms with Crippen LogP contribution in [0.3, 0.4) is 0 Å². The lowest BCUT2D eigenvalue weighted by Gasteiger charge is -2.31. The first-order valence-electron chi connectivity index (χ1n) is 12.1. The molecule has 0 radical (unpaired) electrons. The second-order valence-corrected chi connectivity index (χ2v) is 10.9. The lowest BCUT2D eigenvalue weighted by molar-refractivity contribution is 0.0620. The molecule has 1 fully saturated rings. The average Bonchev–Trinajstić information content (AvgIpc) is 2.92. The van der Waals surface area contributed by atoms with Crippen molar-refractivity contribution < 1.29 is 27.5 Å². The Morgan fingerprint density at radius 2 is 1.71 bits per heavy atom. The van der Waals surface area contributed by atoms with Crippen LogP contribution >= 0.6 is 0 Å². The quantitative estimate of drug-likeness (QED) is 0.404. The van der Waals surface area contributed by atoms with Crippen LogP contribution in [0, 0.1) is 6.92 Å². The van der Waals surface area contributed by atoms with Crippen molar-refractivity contribution in [2.75, 3.05) is 19.3 Å². The SMILES string of the molecule is C=C(NOc1ncnc(OC2CCN(C(=O)OCc3ccccc3)CC2)c1C)c1ccc(S(C)(=O)=O)cc1. The van der Waals surface area contributed by atoms with Gasteiger partial charge in [0.15, 0.2) is 9.84 Å². The minimum Gasteiger partial charge on any atom is -0.474 e. The van der Waals surface area contributed by atoms with Crippen molar-refractivity contribution in [2.24, 2.45) is 0 Å². The molecular weight excluding hydrogens is 508 g/mol. The number of nitrogens with one attached hydrogen (secondary N) is 1. The van der Waals surface area contributed by atoms with Crippen LogP contribution in [0.25, 0.3) is 5.70 Å². The Balaban J connectivity index is 1.27. The third kappa shape index (κ3) is 7.00. The second-order valence-electron chi connectivity index (χ2n) is 8.93. The van der Waals surface area contributed by atoms with Crippen LogP contribution in [-0.2, 0) is 21.2 Å². The molecule has 38 heavy (non-hydrogen) atoms. The molecule has 4 rings (SSSR count). The molecule has 1 saturated heterocycles. The third-order valence-electron chi connectivity index (χ3n) is 6.08. The highest BCUT2D eigenvalue weighted by atomic mass is 32.2. The van der Waals surface area contributed by atoms with Gasteiger partial charge in [-0.25, -0.2) is 23.7 Å². The smallest absolute Gasteiger partial charge is 0.410 e. The number of benzene rings is 2. The van der Waals surface area contributed by atoms with Gasteiger partial charge in [-0.05, 0) is 24.6 Å². The van der Waals surface area contributed by atoms with Gasteiger partial charge in [0.25, 0.3) is 5.88 Å². The average molecular weight is 539 g/mol. The van der Waals surface area contributed by atoms with Crippen molar-refractivity contribution in [1.82, 2.24) is 20.3 Å². The summed E-state index contributed by atoms with van der Waals surface area (Å²) in [6.07, 6.45) is 3.32. The maximum absolute atomic E-state index is 12.4. The Labute approximate surface area is 222 Å². The number of hydrogen-bond donors (Lipinski definition) is 1. The van der Waals surface area contributed by atoms with Crippen molar-refractivity contribution in [3.05, 3.63) is 84.2 Å². The maximum atomic E-state index is 12.4. The number of hydroxylamine groups is 1. The number of rotatable bonds is 9. The Hall–Kier alpha value is -4.12. The van der Waals surface area contributed by atoms with E-state index in [1.165, 1.54) is 18.5 Å². The molecule has 1 amide bonds. The van der Waals surface area contributed by atoms with E-state index in [1.807, 2.05) is 30.3 Å². The van der Waals surface area contributed by atoms with E-state index in [2.05, 4.69) is 22.0 Å². The van der Waals surface area contributed by atoms with Crippen LogP contribution in [0.4, 0.5) is 4.79 Å². The van der Waals surface area contributed by atoms with Crippen LogP contribution in [-0.4, -0.2) is 54.8 Å². The summed E-state index contributed by atoms with van der Waals surface area (Å²) in [4.78, 5) is 28.3. The van der Waals surface area contributed by atoms with E-state index in [0.29, 0.717) is 48.6 Å². The third-order valence-corrected chi connectivity index (χ3v) is 7.21. The molecule has 0 aliphatic carbocycles. The number of hydrogen-bond acceptors (Lipinski definition) is 9. The maximum Gasteiger partial charge on any atom is 0.410 e. The summed E-state index contributed by atoms with van der Waals surface area (Å²) in [5.41, 5.74) is 5.37. The molecule has 0 atom stereocenters. The van der Waals surface area contributed by atoms with Crippen molar-refractivity contribution in [1.29, 1.82) is 0 Å². The van der Waals surface area contributed by atoms with Crippen molar-refractivity contribution in [3.8, 4) is 11.8 Å². The summed E-state index contributed by atoms with van der Waals surface area (Å²) in [6, 6.07) is 15.9. The fourth-order valence-corrected chi connectivity index (χ4v) is 4.47. The van der Waals surface area contributed by atoms with E-state index in [-0.39, 0.29) is 29.6 Å². The van der Waals surface area contributed by atoms with Crippen LogP contribution < -0.4 is 15.1 Å². The molecule has 1 aliphatic heterocycles. The van der Waals surface area contributed by atoms with Gasteiger partial charge in [0.2, 0.25) is 5.88 Å². The number of ether oxygens (including phenoxy) is 2. The van der Waals surface area contributed by atoms with E-state index in [0.717, 1.165) is 11.8 Å². The Kier molecular flexibility index (Phi) is 8.47. The lowest BCUT2D eigenvalue weighted by atomic mass is 10.1. The fourth-order valence-electron chi connectivity index (χ4n) is 3.84. The molecule has 3 aromatic rings. The van der Waals surface area contributed by atoms with Crippen LogP contribution in [0.15, 0.2) is 72.4 Å². The van der Waals surface area contributed by atoms with Gasteiger partial charge in [0.1, 0.15) is 19.0 Å². The number of aromatic nitrogens is 2. The molecular formula is C27H30N4O6S. The monoisotopic (exact) mass is 538 g/mol. The molecule has 1 N–H and O–H groups in total. The normalized spacial score (nSPS) is 14.0. The molecule has 0 spiro atoms. The molecule has 11 heteroatoms. The topological polar surface area (TPSA) is 120 Å². The summed E-state index contributed by atoms with van der Waals surface area (Å²) in [5, 5.41) is 0. The van der Waals surface area contributed by atoms with Gasteiger partial charge in [0.05, 0.1) is 16.2 Å². The van der Waals surface area contributed by atoms with Gasteiger partial charge in [0, 0.05) is 37.8 Å². The minimum atomic E-state index is -3.28. The molecule has 2 heterocycles. The first kappa shape index (κ1) is 26.9.